The van der Waals surface area contributed by atoms with Gasteiger partial charge in [0.1, 0.15) is 0 Å². The van der Waals surface area contributed by atoms with Gasteiger partial charge in [-0.05, 0) is 23.6 Å². The first-order valence-electron chi connectivity index (χ1n) is 5.77. The van der Waals surface area contributed by atoms with E-state index in [1.165, 1.54) is 0 Å². The predicted molar refractivity (Wildman–Crippen MR) is 76.5 cm³/mol. The highest BCUT2D eigenvalue weighted by molar-refractivity contribution is 8.60. The second kappa shape index (κ2) is 4.89. The Kier molecular flexibility index (Phi) is 4.58. The summed E-state index contributed by atoms with van der Waals surface area (Å²) in [6, 6.07) is 0. The van der Waals surface area contributed by atoms with Gasteiger partial charge in [0.15, 0.2) is 0 Å². The molecule has 0 spiro atoms. The minimum atomic E-state index is -2.36. The molecule has 0 radical (unpaired) electrons. The lowest BCUT2D eigenvalue weighted by Gasteiger charge is -2.50. The van der Waals surface area contributed by atoms with E-state index >= 15 is 0 Å². The normalized spacial score (nSPS) is 39.3. The van der Waals surface area contributed by atoms with E-state index < -0.39 is 5.69 Å². The first-order chi connectivity index (χ1) is 7.08. The van der Waals surface area contributed by atoms with Gasteiger partial charge in [-0.3, -0.25) is 0 Å². The van der Waals surface area contributed by atoms with E-state index in [1.54, 1.807) is 0 Å². The third-order valence-corrected chi connectivity index (χ3v) is 5.24. The van der Waals surface area contributed by atoms with Crippen molar-refractivity contribution < 1.29 is 9.05 Å². The van der Waals surface area contributed by atoms with E-state index in [1.807, 2.05) is 0 Å². The summed E-state index contributed by atoms with van der Waals surface area (Å²) in [5.74, 6) is 0.851. The summed E-state index contributed by atoms with van der Waals surface area (Å²) in [7, 11) is 0. The molecule has 0 N–H and O–H groups in total. The number of hydrogen-bond donors (Lipinski definition) is 1. The molecule has 2 unspecified atom stereocenters. The highest BCUT2D eigenvalue weighted by atomic mass is 32.9. The van der Waals surface area contributed by atoms with Crippen LogP contribution in [0.1, 0.15) is 41.5 Å². The zero-order valence-electron chi connectivity index (χ0n) is 10.9. The third kappa shape index (κ3) is 3.02. The van der Waals surface area contributed by atoms with E-state index in [0.717, 1.165) is 0 Å². The third-order valence-electron chi connectivity index (χ3n) is 3.17. The second-order valence-corrected chi connectivity index (χ2v) is 11.0. The molecular weight excluding hydrogens is 259 g/mol. The molecule has 0 aliphatic carbocycles. The zero-order chi connectivity index (χ0) is 12.7. The average molecular weight is 282 g/mol. The van der Waals surface area contributed by atoms with E-state index in [4.69, 9.17) is 20.9 Å². The molecule has 1 heterocycles. The van der Waals surface area contributed by atoms with Gasteiger partial charge in [-0.2, -0.15) is 0 Å². The zero-order valence-corrected chi connectivity index (χ0v) is 13.5. The van der Waals surface area contributed by atoms with Crippen molar-refractivity contribution >= 4 is 29.7 Å². The molecule has 0 aromatic rings. The monoisotopic (exact) mass is 282 g/mol. The van der Waals surface area contributed by atoms with Crippen molar-refractivity contribution in [2.75, 3.05) is 0 Å². The number of thiol groups is 1. The maximum atomic E-state index is 5.90. The lowest BCUT2D eigenvalue weighted by atomic mass is 9.73. The van der Waals surface area contributed by atoms with Crippen LogP contribution in [0.2, 0.25) is 0 Å². The Morgan fingerprint density at radius 2 is 1.38 bits per heavy atom. The van der Waals surface area contributed by atoms with Crippen molar-refractivity contribution in [2.45, 2.75) is 53.8 Å². The minimum absolute atomic E-state index is 0.0205. The molecule has 0 aromatic heterocycles. The molecule has 1 aliphatic heterocycles. The lowest BCUT2D eigenvalue weighted by Crippen LogP contribution is -2.50. The summed E-state index contributed by atoms with van der Waals surface area (Å²) in [4.78, 5) is 0. The molecule has 0 saturated carbocycles. The van der Waals surface area contributed by atoms with Gasteiger partial charge >= 0.3 is 0 Å². The number of rotatable bonds is 2. The largest absolute Gasteiger partial charge is 0.318 e. The maximum absolute atomic E-state index is 5.90. The summed E-state index contributed by atoms with van der Waals surface area (Å²) in [6.07, 6.45) is 0.244. The predicted octanol–water partition coefficient (Wildman–Crippen LogP) is 4.26. The van der Waals surface area contributed by atoms with Crippen molar-refractivity contribution in [2.24, 2.45) is 17.3 Å². The Morgan fingerprint density at radius 1 is 1.06 bits per heavy atom. The molecule has 1 rings (SSSR count). The van der Waals surface area contributed by atoms with Gasteiger partial charge in [0, 0.05) is 5.41 Å². The van der Waals surface area contributed by atoms with E-state index in [9.17, 15) is 0 Å². The summed E-state index contributed by atoms with van der Waals surface area (Å²) in [6.45, 7) is 13.1. The molecule has 1 fully saturated rings. The van der Waals surface area contributed by atoms with Crippen LogP contribution in [0.5, 0.6) is 0 Å². The molecule has 2 atom stereocenters. The fourth-order valence-electron chi connectivity index (χ4n) is 2.71. The van der Waals surface area contributed by atoms with Crippen LogP contribution < -0.4 is 0 Å². The molecule has 96 valence electrons. The maximum Gasteiger partial charge on any atom is 0.244 e. The fourth-order valence-corrected chi connectivity index (χ4v) is 5.53. The van der Waals surface area contributed by atoms with Crippen molar-refractivity contribution in [3.8, 4) is 0 Å². The summed E-state index contributed by atoms with van der Waals surface area (Å²) >= 11 is 9.71. The second-order valence-electron chi connectivity index (χ2n) is 5.83. The Balaban J connectivity index is 3.07. The van der Waals surface area contributed by atoms with Crippen molar-refractivity contribution in [1.29, 1.82) is 0 Å². The van der Waals surface area contributed by atoms with Crippen molar-refractivity contribution in [3.63, 3.8) is 0 Å². The van der Waals surface area contributed by atoms with Gasteiger partial charge in [0.2, 0.25) is 5.69 Å². The SMILES string of the molecule is CC(C)C1OP(=S)(S)OC(C(C)C)C1(C)C. The Morgan fingerprint density at radius 3 is 1.62 bits per heavy atom. The van der Waals surface area contributed by atoms with Crippen LogP contribution in [0.15, 0.2) is 0 Å². The topological polar surface area (TPSA) is 18.5 Å². The first kappa shape index (κ1) is 15.0. The Hall–Kier alpha value is 0.920. The van der Waals surface area contributed by atoms with Crippen LogP contribution in [0.3, 0.4) is 0 Å². The van der Waals surface area contributed by atoms with Gasteiger partial charge in [-0.1, -0.05) is 53.8 Å². The molecule has 0 amide bonds. The lowest BCUT2D eigenvalue weighted by molar-refractivity contribution is -0.0960. The van der Waals surface area contributed by atoms with Crippen molar-refractivity contribution in [3.05, 3.63) is 0 Å². The van der Waals surface area contributed by atoms with Crippen LogP contribution in [-0.2, 0) is 20.9 Å². The van der Waals surface area contributed by atoms with Crippen LogP contribution in [0.25, 0.3) is 0 Å². The van der Waals surface area contributed by atoms with Gasteiger partial charge < -0.3 is 9.05 Å². The number of hydrogen-bond acceptors (Lipinski definition) is 3. The van der Waals surface area contributed by atoms with Crippen LogP contribution in [0, 0.1) is 17.3 Å². The highest BCUT2D eigenvalue weighted by Gasteiger charge is 2.49. The fraction of sp³-hybridized carbons (Fsp3) is 1.00. The Labute approximate surface area is 110 Å². The van der Waals surface area contributed by atoms with Crippen LogP contribution in [0.4, 0.5) is 0 Å². The average Bonchev–Trinajstić information content (AvgIpc) is 2.08. The minimum Gasteiger partial charge on any atom is -0.318 e. The molecule has 1 saturated heterocycles. The smallest absolute Gasteiger partial charge is 0.244 e. The highest BCUT2D eigenvalue weighted by Crippen LogP contribution is 2.64. The first-order valence-corrected chi connectivity index (χ1v) is 9.56. The van der Waals surface area contributed by atoms with Gasteiger partial charge in [-0.25, -0.2) is 0 Å². The summed E-state index contributed by atoms with van der Waals surface area (Å²) in [5, 5.41) is 0. The molecule has 2 nitrogen and oxygen atoms in total. The van der Waals surface area contributed by atoms with Gasteiger partial charge in [0.25, 0.3) is 0 Å². The molecule has 16 heavy (non-hydrogen) atoms. The quantitative estimate of drug-likeness (QED) is 0.603. The van der Waals surface area contributed by atoms with Gasteiger partial charge in [-0.15, -0.1) is 0 Å². The van der Waals surface area contributed by atoms with E-state index in [0.29, 0.717) is 11.8 Å². The Bertz CT molecular complexity index is 278. The van der Waals surface area contributed by atoms with Crippen LogP contribution in [-0.4, -0.2) is 12.2 Å². The standard InChI is InChI=1S/C11H23O2PS2/c1-7(2)9-11(5,6)10(8(3)4)13-14(15,16)12-9/h7-10H,1-6H3,(H,15,16). The molecule has 5 heteroatoms. The van der Waals surface area contributed by atoms with Crippen molar-refractivity contribution in [1.82, 2.24) is 0 Å². The molecular formula is C11H23O2PS2. The summed E-state index contributed by atoms with van der Waals surface area (Å²) in [5.41, 5.74) is -2.38. The molecule has 1 aliphatic rings. The van der Waals surface area contributed by atoms with Crippen LogP contribution >= 0.6 is 17.9 Å². The van der Waals surface area contributed by atoms with Gasteiger partial charge in [0.05, 0.1) is 12.2 Å². The molecule has 0 aromatic carbocycles. The molecule has 0 bridgehead atoms. The summed E-state index contributed by atoms with van der Waals surface area (Å²) < 4.78 is 11.8. The van der Waals surface area contributed by atoms with E-state index in [2.05, 4.69) is 53.8 Å². The van der Waals surface area contributed by atoms with E-state index in [-0.39, 0.29) is 17.6 Å².